The van der Waals surface area contributed by atoms with Crippen molar-refractivity contribution in [3.63, 3.8) is 0 Å². The van der Waals surface area contributed by atoms with E-state index in [2.05, 4.69) is 0 Å². The molecule has 0 spiro atoms. The summed E-state index contributed by atoms with van der Waals surface area (Å²) in [5.41, 5.74) is 6.40. The van der Waals surface area contributed by atoms with Crippen molar-refractivity contribution in [2.75, 3.05) is 19.8 Å². The Morgan fingerprint density at radius 2 is 1.86 bits per heavy atom. The Bertz CT molecular complexity index is 648. The summed E-state index contributed by atoms with van der Waals surface area (Å²) >= 11 is 1.37. The Labute approximate surface area is 127 Å². The quantitative estimate of drug-likeness (QED) is 0.942. The Morgan fingerprint density at radius 3 is 2.62 bits per heavy atom. The third-order valence-corrected chi connectivity index (χ3v) is 4.21. The summed E-state index contributed by atoms with van der Waals surface area (Å²) in [5, 5.41) is 0. The number of fused-ring (bicyclic) bond motifs is 1. The summed E-state index contributed by atoms with van der Waals surface area (Å²) in [6, 6.07) is 10.9. The highest BCUT2D eigenvalue weighted by Gasteiger charge is 2.13. The van der Waals surface area contributed by atoms with Crippen LogP contribution >= 0.6 is 11.8 Å². The summed E-state index contributed by atoms with van der Waals surface area (Å²) in [6.07, 6.45) is 0.686. The van der Waals surface area contributed by atoms with E-state index in [4.69, 9.17) is 15.2 Å². The topological polar surface area (TPSA) is 44.5 Å². The zero-order valence-corrected chi connectivity index (χ0v) is 12.3. The highest BCUT2D eigenvalue weighted by atomic mass is 32.2. The van der Waals surface area contributed by atoms with E-state index in [1.165, 1.54) is 11.8 Å². The number of halogens is 1. The summed E-state index contributed by atoms with van der Waals surface area (Å²) in [5.74, 6) is 1.23. The first-order valence-corrected chi connectivity index (χ1v) is 7.64. The van der Waals surface area contributed by atoms with Gasteiger partial charge in [-0.3, -0.25) is 0 Å². The normalized spacial score (nSPS) is 13.2. The van der Waals surface area contributed by atoms with Crippen LogP contribution in [-0.2, 0) is 6.42 Å². The number of hydrogen-bond acceptors (Lipinski definition) is 4. The lowest BCUT2D eigenvalue weighted by molar-refractivity contribution is 0.171. The fourth-order valence-corrected chi connectivity index (χ4v) is 3.01. The number of rotatable bonds is 4. The number of benzene rings is 2. The van der Waals surface area contributed by atoms with Gasteiger partial charge in [-0.2, -0.15) is 0 Å². The lowest BCUT2D eigenvalue weighted by Crippen LogP contribution is -2.15. The third-order valence-electron chi connectivity index (χ3n) is 3.17. The van der Waals surface area contributed by atoms with Crippen molar-refractivity contribution in [2.45, 2.75) is 16.2 Å². The van der Waals surface area contributed by atoms with Crippen molar-refractivity contribution in [3.05, 3.63) is 47.8 Å². The number of hydrogen-bond donors (Lipinski definition) is 1. The Morgan fingerprint density at radius 1 is 1.05 bits per heavy atom. The van der Waals surface area contributed by atoms with Crippen molar-refractivity contribution >= 4 is 11.8 Å². The monoisotopic (exact) mass is 305 g/mol. The standard InChI is InChI=1S/C16H16FNO2S/c17-13-9-11(5-6-18)1-4-16(13)21-12-2-3-14-15(10-12)20-8-7-19-14/h1-4,9-10H,5-8,18H2. The van der Waals surface area contributed by atoms with Crippen LogP contribution in [0.3, 0.4) is 0 Å². The molecular formula is C16H16FNO2S. The molecule has 0 bridgehead atoms. The van der Waals surface area contributed by atoms with E-state index < -0.39 is 0 Å². The second-order valence-electron chi connectivity index (χ2n) is 4.71. The van der Waals surface area contributed by atoms with E-state index in [-0.39, 0.29) is 5.82 Å². The van der Waals surface area contributed by atoms with Crippen LogP contribution < -0.4 is 15.2 Å². The molecule has 5 heteroatoms. The van der Waals surface area contributed by atoms with Crippen LogP contribution in [0.25, 0.3) is 0 Å². The molecule has 0 unspecified atom stereocenters. The first-order valence-electron chi connectivity index (χ1n) is 6.82. The van der Waals surface area contributed by atoms with Gasteiger partial charge in [-0.05, 0) is 48.9 Å². The first kappa shape index (κ1) is 14.2. The van der Waals surface area contributed by atoms with Gasteiger partial charge in [0.2, 0.25) is 0 Å². The molecule has 1 aliphatic heterocycles. The van der Waals surface area contributed by atoms with E-state index in [1.54, 1.807) is 12.1 Å². The zero-order chi connectivity index (χ0) is 14.7. The molecule has 2 aromatic carbocycles. The highest BCUT2D eigenvalue weighted by molar-refractivity contribution is 7.99. The van der Waals surface area contributed by atoms with Gasteiger partial charge in [-0.1, -0.05) is 17.8 Å². The molecule has 1 heterocycles. The summed E-state index contributed by atoms with van der Waals surface area (Å²) in [6.45, 7) is 1.63. The Balaban J connectivity index is 1.80. The van der Waals surface area contributed by atoms with E-state index >= 15 is 0 Å². The van der Waals surface area contributed by atoms with Gasteiger partial charge in [0.15, 0.2) is 11.5 Å². The lowest BCUT2D eigenvalue weighted by atomic mass is 10.1. The minimum absolute atomic E-state index is 0.221. The minimum Gasteiger partial charge on any atom is -0.486 e. The molecule has 110 valence electrons. The maximum Gasteiger partial charge on any atom is 0.162 e. The van der Waals surface area contributed by atoms with Crippen molar-refractivity contribution in [1.82, 2.24) is 0 Å². The van der Waals surface area contributed by atoms with E-state index in [9.17, 15) is 4.39 Å². The van der Waals surface area contributed by atoms with Crippen LogP contribution in [0, 0.1) is 5.82 Å². The van der Waals surface area contributed by atoms with Crippen LogP contribution in [0.15, 0.2) is 46.2 Å². The van der Waals surface area contributed by atoms with Gasteiger partial charge in [0, 0.05) is 9.79 Å². The molecule has 0 fully saturated rings. The van der Waals surface area contributed by atoms with E-state index in [1.807, 2.05) is 24.3 Å². The van der Waals surface area contributed by atoms with E-state index in [0.717, 1.165) is 16.2 Å². The number of ether oxygens (including phenoxy) is 2. The maximum atomic E-state index is 14.1. The molecule has 21 heavy (non-hydrogen) atoms. The van der Waals surface area contributed by atoms with Crippen LogP contribution in [-0.4, -0.2) is 19.8 Å². The van der Waals surface area contributed by atoms with Gasteiger partial charge in [-0.25, -0.2) is 4.39 Å². The largest absolute Gasteiger partial charge is 0.486 e. The fraction of sp³-hybridized carbons (Fsp3) is 0.250. The molecule has 1 aliphatic rings. The average molecular weight is 305 g/mol. The van der Waals surface area contributed by atoms with Crippen LogP contribution in [0.4, 0.5) is 4.39 Å². The van der Waals surface area contributed by atoms with Gasteiger partial charge >= 0.3 is 0 Å². The van der Waals surface area contributed by atoms with Crippen LogP contribution in [0.5, 0.6) is 11.5 Å². The predicted molar refractivity (Wildman–Crippen MR) is 80.7 cm³/mol. The van der Waals surface area contributed by atoms with Crippen LogP contribution in [0.2, 0.25) is 0 Å². The number of nitrogens with two attached hydrogens (primary N) is 1. The molecule has 0 radical (unpaired) electrons. The highest BCUT2D eigenvalue weighted by Crippen LogP contribution is 2.37. The van der Waals surface area contributed by atoms with Gasteiger partial charge in [0.25, 0.3) is 0 Å². The summed E-state index contributed by atoms with van der Waals surface area (Å²) < 4.78 is 25.1. The van der Waals surface area contributed by atoms with Crippen molar-refractivity contribution in [2.24, 2.45) is 5.73 Å². The molecule has 2 aromatic rings. The molecule has 0 saturated carbocycles. The molecule has 2 N–H and O–H groups in total. The lowest BCUT2D eigenvalue weighted by Gasteiger charge is -2.18. The molecule has 0 saturated heterocycles. The Kier molecular flexibility index (Phi) is 4.31. The van der Waals surface area contributed by atoms with Crippen molar-refractivity contribution in [1.29, 1.82) is 0 Å². The molecule has 0 aliphatic carbocycles. The fourth-order valence-electron chi connectivity index (χ4n) is 2.16. The van der Waals surface area contributed by atoms with Crippen molar-refractivity contribution < 1.29 is 13.9 Å². The second kappa shape index (κ2) is 6.37. The second-order valence-corrected chi connectivity index (χ2v) is 5.83. The molecule has 3 nitrogen and oxygen atoms in total. The minimum atomic E-state index is -0.221. The average Bonchev–Trinajstić information content (AvgIpc) is 2.50. The maximum absolute atomic E-state index is 14.1. The predicted octanol–water partition coefficient (Wildman–Crippen LogP) is 3.25. The molecular weight excluding hydrogens is 289 g/mol. The zero-order valence-electron chi connectivity index (χ0n) is 11.5. The molecule has 3 rings (SSSR count). The smallest absolute Gasteiger partial charge is 0.162 e. The van der Waals surface area contributed by atoms with E-state index in [0.29, 0.717) is 36.8 Å². The molecule has 0 amide bonds. The van der Waals surface area contributed by atoms with Gasteiger partial charge < -0.3 is 15.2 Å². The molecule has 0 atom stereocenters. The van der Waals surface area contributed by atoms with Gasteiger partial charge in [0.05, 0.1) is 0 Å². The first-order chi connectivity index (χ1) is 10.3. The van der Waals surface area contributed by atoms with Gasteiger partial charge in [-0.15, -0.1) is 0 Å². The summed E-state index contributed by atoms with van der Waals surface area (Å²) in [7, 11) is 0. The van der Waals surface area contributed by atoms with Crippen molar-refractivity contribution in [3.8, 4) is 11.5 Å². The van der Waals surface area contributed by atoms with Crippen LogP contribution in [0.1, 0.15) is 5.56 Å². The molecule has 0 aromatic heterocycles. The SMILES string of the molecule is NCCc1ccc(Sc2ccc3c(c2)OCCO3)c(F)c1. The van der Waals surface area contributed by atoms with Gasteiger partial charge in [0.1, 0.15) is 19.0 Å². The summed E-state index contributed by atoms with van der Waals surface area (Å²) in [4.78, 5) is 1.51. The Hall–Kier alpha value is -1.72. The third kappa shape index (κ3) is 3.31.